The molecule has 0 heterocycles. The molecule has 100 heavy (non-hydrogen) atoms. The number of phosphoric ester groups is 2. The van der Waals surface area contributed by atoms with Crippen molar-refractivity contribution in [2.45, 2.75) is 354 Å². The zero-order chi connectivity index (χ0) is 73.2. The van der Waals surface area contributed by atoms with E-state index < -0.39 is 97.5 Å². The molecule has 0 aliphatic heterocycles. The SMILES string of the molecule is CCCCC/C=C\C/C=C\C/C=C\C/C=C\CCCC(=O)OC[C@H](COP(=O)(O)OC[C@H](O)COP(=O)(O)OC[C@@H](COC(=O)CCCCCCC/C=C\CCCCCC)OC(=O)CCCCCCC/C=C\CCCCCCCC)OC(=O)CCCCCCC/C=C\C/C=C\CCCCC. The summed E-state index contributed by atoms with van der Waals surface area (Å²) in [4.78, 5) is 72.9. The molecule has 0 rings (SSSR count). The lowest BCUT2D eigenvalue weighted by atomic mass is 10.1. The highest BCUT2D eigenvalue weighted by Crippen LogP contribution is 2.45. The van der Waals surface area contributed by atoms with Gasteiger partial charge in [-0.2, -0.15) is 0 Å². The van der Waals surface area contributed by atoms with Crippen molar-refractivity contribution in [2.24, 2.45) is 0 Å². The lowest BCUT2D eigenvalue weighted by molar-refractivity contribution is -0.161. The van der Waals surface area contributed by atoms with Gasteiger partial charge in [0.1, 0.15) is 19.3 Å². The summed E-state index contributed by atoms with van der Waals surface area (Å²) in [5.74, 6) is -2.26. The number of carbonyl (C=O) groups is 4. The molecule has 0 aliphatic rings. The Kier molecular flexibility index (Phi) is 70.4. The number of aliphatic hydroxyl groups excluding tert-OH is 1. The number of ether oxygens (including phenoxy) is 4. The smallest absolute Gasteiger partial charge is 0.462 e. The lowest BCUT2D eigenvalue weighted by Crippen LogP contribution is -2.30. The number of carbonyl (C=O) groups excluding carboxylic acids is 4. The molecule has 0 aromatic carbocycles. The number of allylic oxidation sites excluding steroid dienone is 16. The molecule has 3 N–H and O–H groups in total. The van der Waals surface area contributed by atoms with Crippen LogP contribution in [0.1, 0.15) is 336 Å². The van der Waals surface area contributed by atoms with Crippen molar-refractivity contribution >= 4 is 39.5 Å². The van der Waals surface area contributed by atoms with E-state index >= 15 is 0 Å². The molecular formula is C81H142O17P2. The Hall–Kier alpha value is -4.02. The van der Waals surface area contributed by atoms with Crippen LogP contribution in [0.25, 0.3) is 0 Å². The Bertz CT molecular complexity index is 2270. The molecule has 19 heteroatoms. The first-order chi connectivity index (χ1) is 48.7. The first-order valence-electron chi connectivity index (χ1n) is 39.5. The van der Waals surface area contributed by atoms with Gasteiger partial charge in [-0.3, -0.25) is 37.3 Å². The van der Waals surface area contributed by atoms with Crippen molar-refractivity contribution in [3.63, 3.8) is 0 Å². The van der Waals surface area contributed by atoms with E-state index in [4.69, 9.17) is 37.0 Å². The van der Waals surface area contributed by atoms with Crippen LogP contribution in [0.3, 0.4) is 0 Å². The molecule has 0 amide bonds. The average molecular weight is 1450 g/mol. The minimum absolute atomic E-state index is 0.0670. The molecule has 0 bridgehead atoms. The maximum atomic E-state index is 13.1. The third-order valence-corrected chi connectivity index (χ3v) is 18.4. The van der Waals surface area contributed by atoms with E-state index in [-0.39, 0.29) is 25.7 Å². The number of phosphoric acid groups is 2. The van der Waals surface area contributed by atoms with Crippen LogP contribution in [-0.2, 0) is 65.4 Å². The second kappa shape index (κ2) is 73.3. The van der Waals surface area contributed by atoms with E-state index in [1.54, 1.807) is 0 Å². The summed E-state index contributed by atoms with van der Waals surface area (Å²) in [5, 5.41) is 10.6. The quantitative estimate of drug-likeness (QED) is 0.0169. The van der Waals surface area contributed by atoms with Crippen LogP contribution in [-0.4, -0.2) is 96.7 Å². The van der Waals surface area contributed by atoms with Gasteiger partial charge < -0.3 is 33.8 Å². The Morgan fingerprint density at radius 2 is 0.500 bits per heavy atom. The zero-order valence-electron chi connectivity index (χ0n) is 63.1. The molecular weight excluding hydrogens is 1310 g/mol. The second-order valence-corrected chi connectivity index (χ2v) is 29.2. The van der Waals surface area contributed by atoms with Crippen LogP contribution >= 0.6 is 15.6 Å². The fraction of sp³-hybridized carbons (Fsp3) is 0.753. The minimum atomic E-state index is -4.99. The lowest BCUT2D eigenvalue weighted by Gasteiger charge is -2.21. The maximum absolute atomic E-state index is 13.1. The van der Waals surface area contributed by atoms with Crippen LogP contribution in [0.5, 0.6) is 0 Å². The van der Waals surface area contributed by atoms with E-state index in [9.17, 15) is 43.2 Å². The van der Waals surface area contributed by atoms with Gasteiger partial charge in [0.2, 0.25) is 0 Å². The monoisotopic (exact) mass is 1450 g/mol. The second-order valence-electron chi connectivity index (χ2n) is 26.3. The van der Waals surface area contributed by atoms with Crippen LogP contribution in [0, 0.1) is 0 Å². The molecule has 0 saturated heterocycles. The van der Waals surface area contributed by atoms with Crippen LogP contribution < -0.4 is 0 Å². The van der Waals surface area contributed by atoms with Crippen molar-refractivity contribution in [2.75, 3.05) is 39.6 Å². The number of esters is 4. The van der Waals surface area contributed by atoms with E-state index in [1.807, 2.05) is 12.2 Å². The molecule has 5 atom stereocenters. The molecule has 0 spiro atoms. The van der Waals surface area contributed by atoms with Gasteiger partial charge in [-0.05, 0) is 148 Å². The number of hydrogen-bond donors (Lipinski definition) is 3. The molecule has 2 unspecified atom stereocenters. The summed E-state index contributed by atoms with van der Waals surface area (Å²) in [6.07, 6.45) is 76.8. The van der Waals surface area contributed by atoms with Gasteiger partial charge in [-0.15, -0.1) is 0 Å². The van der Waals surface area contributed by atoms with E-state index in [0.29, 0.717) is 32.1 Å². The molecule has 0 aliphatic carbocycles. The summed E-state index contributed by atoms with van der Waals surface area (Å²) >= 11 is 0. The summed E-state index contributed by atoms with van der Waals surface area (Å²) in [5.41, 5.74) is 0. The zero-order valence-corrected chi connectivity index (χ0v) is 64.9. The highest BCUT2D eigenvalue weighted by atomic mass is 31.2. The van der Waals surface area contributed by atoms with Gasteiger partial charge in [-0.25, -0.2) is 9.13 Å². The average Bonchev–Trinajstić information content (AvgIpc) is 0.945. The maximum Gasteiger partial charge on any atom is 0.472 e. The van der Waals surface area contributed by atoms with Gasteiger partial charge in [0.25, 0.3) is 0 Å². The number of unbranched alkanes of at least 4 members (excludes halogenated alkanes) is 32. The molecule has 578 valence electrons. The van der Waals surface area contributed by atoms with Gasteiger partial charge >= 0.3 is 39.5 Å². The van der Waals surface area contributed by atoms with Crippen LogP contribution in [0.4, 0.5) is 0 Å². The minimum Gasteiger partial charge on any atom is -0.462 e. The normalized spacial score (nSPS) is 14.4. The highest BCUT2D eigenvalue weighted by molar-refractivity contribution is 7.47. The summed E-state index contributed by atoms with van der Waals surface area (Å²) < 4.78 is 68.5. The van der Waals surface area contributed by atoms with E-state index in [2.05, 4.69) is 113 Å². The third kappa shape index (κ3) is 72.3. The number of aliphatic hydroxyl groups is 1. The highest BCUT2D eigenvalue weighted by Gasteiger charge is 2.30. The van der Waals surface area contributed by atoms with Crippen molar-refractivity contribution in [1.29, 1.82) is 0 Å². The Morgan fingerprint density at radius 1 is 0.280 bits per heavy atom. The van der Waals surface area contributed by atoms with Gasteiger partial charge in [0, 0.05) is 25.7 Å². The summed E-state index contributed by atoms with van der Waals surface area (Å²) in [6, 6.07) is 0. The summed E-state index contributed by atoms with van der Waals surface area (Å²) in [6.45, 7) is 4.73. The predicted molar refractivity (Wildman–Crippen MR) is 409 cm³/mol. The largest absolute Gasteiger partial charge is 0.472 e. The van der Waals surface area contributed by atoms with Crippen molar-refractivity contribution in [3.05, 3.63) is 97.2 Å². The molecule has 0 aromatic rings. The van der Waals surface area contributed by atoms with Gasteiger partial charge in [0.15, 0.2) is 12.2 Å². The number of hydrogen-bond acceptors (Lipinski definition) is 15. The predicted octanol–water partition coefficient (Wildman–Crippen LogP) is 22.8. The third-order valence-electron chi connectivity index (χ3n) is 16.5. The fourth-order valence-corrected chi connectivity index (χ4v) is 12.0. The molecule has 0 aromatic heterocycles. The van der Waals surface area contributed by atoms with Gasteiger partial charge in [0.05, 0.1) is 26.4 Å². The molecule has 0 radical (unpaired) electrons. The topological polar surface area (TPSA) is 237 Å². The van der Waals surface area contributed by atoms with Crippen LogP contribution in [0.2, 0.25) is 0 Å². The van der Waals surface area contributed by atoms with E-state index in [0.717, 1.165) is 148 Å². The van der Waals surface area contributed by atoms with Gasteiger partial charge in [-0.1, -0.05) is 260 Å². The Morgan fingerprint density at radius 3 is 0.830 bits per heavy atom. The first kappa shape index (κ1) is 96.0. The van der Waals surface area contributed by atoms with Crippen molar-refractivity contribution < 1.29 is 80.2 Å². The molecule has 17 nitrogen and oxygen atoms in total. The molecule has 0 saturated carbocycles. The van der Waals surface area contributed by atoms with Crippen LogP contribution in [0.15, 0.2) is 97.2 Å². The summed E-state index contributed by atoms with van der Waals surface area (Å²) in [7, 11) is -9.97. The van der Waals surface area contributed by atoms with Crippen molar-refractivity contribution in [1.82, 2.24) is 0 Å². The Balaban J connectivity index is 5.41. The first-order valence-corrected chi connectivity index (χ1v) is 42.5. The van der Waals surface area contributed by atoms with E-state index in [1.165, 1.54) is 103 Å². The fourth-order valence-electron chi connectivity index (χ4n) is 10.4. The Labute approximate surface area is 607 Å². The number of rotatable bonds is 74. The molecule has 0 fully saturated rings. The standard InChI is InChI=1S/C81H142O17P2/c1-5-9-13-17-21-25-29-33-36-37-40-42-46-50-54-58-62-66-79(84)92-72-77(98-81(86)68-64-60-56-52-48-44-39-35-31-27-23-19-15-11-7-3)74-96-100(89,90)94-70-75(82)69-93-99(87,88)95-73-76(71-91-78(83)65-61-57-53-49-45-41-32-28-24-20-16-12-8-4)97-80(85)67-63-59-55-51-47-43-38-34-30-26-22-18-14-10-6-2/h21,23,25,27-28,32-36,38-40,42,50,54,75-77,82H,5-20,22,24,26,29-31,37,41,43-49,51-53,55-74H2,1-4H3,(H,87,88)(H,89,90)/b25-21-,27-23-,32-28-,36-33-,38-34-,39-35-,42-40-,54-50-/t75-,76-,77-/m1/s1. The van der Waals surface area contributed by atoms with Crippen molar-refractivity contribution in [3.8, 4) is 0 Å².